The molecule has 8 aromatic rings. The lowest BCUT2D eigenvalue weighted by Crippen LogP contribution is -2.47. The molecule has 0 aliphatic carbocycles. The Balaban J connectivity index is 0.978. The Kier molecular flexibility index (Phi) is 20.7. The quantitative estimate of drug-likeness (QED) is 0.0290. The minimum absolute atomic E-state index is 0.0310. The SMILES string of the molecule is COc1ccc(C(OC[C@H]2O[C@@H](n3cnc4c(NC(=O)c5ccccc5)ncnc43)[C@H](F)[C@@H]2CC(=O)NC[C@H]2O[C@@H](n3ccc(NC(=O)c4ccccc4)nc3=O)[C@H](OC)[C@@H]2OP(O)N(C(C)C)C(C)(C)CCC#N)(c2ccccc2)c2ccc(OC)cc2)cc1. The molecule has 474 valence electrons. The maximum absolute atomic E-state index is 18.1. The lowest BCUT2D eigenvalue weighted by molar-refractivity contribution is -0.125. The number of halogens is 1. The average Bonchev–Trinajstić information content (AvgIpc) is 1.96. The summed E-state index contributed by atoms with van der Waals surface area (Å²) >= 11 is 0. The molecule has 3 amide bonds. The molecule has 2 fully saturated rings. The fraction of sp³-hybridized carbons (Fsp3) is 0.348. The van der Waals surface area contributed by atoms with E-state index in [4.69, 9.17) is 32.9 Å². The molecular weight excluding hydrogens is 1190 g/mol. The Hall–Kier alpha value is -8.89. The van der Waals surface area contributed by atoms with Gasteiger partial charge < -0.3 is 53.8 Å². The Morgan fingerprint density at radius 3 is 1.91 bits per heavy atom. The van der Waals surface area contributed by atoms with E-state index < -0.39 is 98.5 Å². The molecule has 91 heavy (non-hydrogen) atoms. The summed E-state index contributed by atoms with van der Waals surface area (Å²) in [5, 5.41) is 17.9. The highest BCUT2D eigenvalue weighted by Gasteiger charge is 2.52. The maximum atomic E-state index is 18.1. The number of hydrogen-bond donors (Lipinski definition) is 4. The number of nitrogens with zero attached hydrogens (tertiary/aromatic N) is 8. The average molecular weight is 1260 g/mol. The van der Waals surface area contributed by atoms with E-state index in [-0.39, 0.29) is 48.4 Å². The molecule has 3 aromatic heterocycles. The third-order valence-electron chi connectivity index (χ3n) is 16.2. The number of carbonyl (C=O) groups is 3. The molecule has 2 aliphatic heterocycles. The number of benzene rings is 5. The van der Waals surface area contributed by atoms with Gasteiger partial charge in [-0.05, 0) is 105 Å². The van der Waals surface area contributed by atoms with E-state index >= 15 is 4.39 Å². The van der Waals surface area contributed by atoms with Crippen molar-refractivity contribution in [2.75, 3.05) is 45.1 Å². The summed E-state index contributed by atoms with van der Waals surface area (Å²) in [7, 11) is 2.03. The van der Waals surface area contributed by atoms with Gasteiger partial charge in [-0.1, -0.05) is 91.0 Å². The first-order chi connectivity index (χ1) is 44.0. The lowest BCUT2D eigenvalue weighted by atomic mass is 9.80. The molecule has 1 unspecified atom stereocenters. The monoisotopic (exact) mass is 1260 g/mol. The summed E-state index contributed by atoms with van der Waals surface area (Å²) in [6, 6.07) is 44.5. The van der Waals surface area contributed by atoms with Crippen LogP contribution in [0, 0.1) is 17.2 Å². The lowest BCUT2D eigenvalue weighted by Gasteiger charge is -2.43. The number of amides is 3. The van der Waals surface area contributed by atoms with Crippen LogP contribution in [0.25, 0.3) is 11.2 Å². The zero-order chi connectivity index (χ0) is 64.4. The highest BCUT2D eigenvalue weighted by molar-refractivity contribution is 7.43. The van der Waals surface area contributed by atoms with Crippen LogP contribution in [0.15, 0.2) is 169 Å². The van der Waals surface area contributed by atoms with E-state index in [2.05, 4.69) is 42.0 Å². The molecule has 2 saturated heterocycles. The summed E-state index contributed by atoms with van der Waals surface area (Å²) in [5.74, 6) is -1.59. The minimum Gasteiger partial charge on any atom is -0.497 e. The first kappa shape index (κ1) is 65.1. The standard InChI is InChI=1S/C66H71FN11O12P/c1-41(2)78(65(3,4)33-17-34-68)91(83)90-56-50(88-63(57(56)86-7)76-35-32-52(74-64(76)82)73-60(80)42-18-11-8-12-19-42)37-69-53(79)36-49-51(89-62(54(49)67)77-40-72-55-58(70-39-71-59(55)77)75-61(81)43-20-13-9-14-21-43)38-87-66(44-22-15-10-16-23-44,45-24-28-47(84-5)29-25-45)46-26-30-48(85-6)31-27-46/h8-16,18-32,35,39-41,49-51,54,56-57,62-63,83H,17,33,36-38H2,1-7H3,(H,69,79)(H,70,71,75,81)(H,73,74,80,82)/t49-,50-,51-,54-,56-,57-,62-,63-,91?/m1/s1. The van der Waals surface area contributed by atoms with Gasteiger partial charge >= 0.3 is 5.69 Å². The van der Waals surface area contributed by atoms with Crippen LogP contribution in [0.2, 0.25) is 0 Å². The molecule has 9 atom stereocenters. The van der Waals surface area contributed by atoms with Gasteiger partial charge in [-0.25, -0.2) is 28.8 Å². The van der Waals surface area contributed by atoms with Crippen molar-refractivity contribution >= 4 is 49.0 Å². The highest BCUT2D eigenvalue weighted by atomic mass is 31.2. The number of rotatable bonds is 26. The summed E-state index contributed by atoms with van der Waals surface area (Å²) in [6.45, 7) is 6.94. The van der Waals surface area contributed by atoms with Crippen molar-refractivity contribution in [3.05, 3.63) is 203 Å². The van der Waals surface area contributed by atoms with Crippen LogP contribution in [0.4, 0.5) is 16.0 Å². The molecule has 10 rings (SSSR count). The molecule has 5 heterocycles. The summed E-state index contributed by atoms with van der Waals surface area (Å²) < 4.78 is 66.9. The summed E-state index contributed by atoms with van der Waals surface area (Å²) in [5.41, 5.74) is 0.117. The van der Waals surface area contributed by atoms with Gasteiger partial charge in [-0.3, -0.25) is 23.5 Å². The topological polar surface area (TPSA) is 278 Å². The molecule has 2 aliphatic rings. The zero-order valence-corrected chi connectivity index (χ0v) is 52.1. The first-order valence-corrected chi connectivity index (χ1v) is 30.7. The van der Waals surface area contributed by atoms with E-state index in [1.54, 1.807) is 79.6 Å². The number of methoxy groups -OCH3 is 3. The summed E-state index contributed by atoms with van der Waals surface area (Å²) in [6.07, 6.45) is -5.21. The molecule has 5 aromatic carbocycles. The van der Waals surface area contributed by atoms with Gasteiger partial charge in [0.15, 0.2) is 35.6 Å². The maximum Gasteiger partial charge on any atom is 0.351 e. The van der Waals surface area contributed by atoms with Crippen LogP contribution in [-0.4, -0.2) is 133 Å². The third kappa shape index (κ3) is 14.2. The Labute approximate surface area is 526 Å². The second kappa shape index (κ2) is 28.9. The number of ether oxygens (including phenoxy) is 6. The molecule has 0 saturated carbocycles. The number of hydrogen-bond acceptors (Lipinski definition) is 18. The van der Waals surface area contributed by atoms with E-state index in [0.29, 0.717) is 45.7 Å². The zero-order valence-electron chi connectivity index (χ0n) is 51.2. The van der Waals surface area contributed by atoms with Gasteiger partial charge in [-0.15, -0.1) is 0 Å². The van der Waals surface area contributed by atoms with Gasteiger partial charge in [0.1, 0.15) is 47.6 Å². The molecule has 0 radical (unpaired) electrons. The predicted molar refractivity (Wildman–Crippen MR) is 335 cm³/mol. The van der Waals surface area contributed by atoms with Gasteiger partial charge in [0.05, 0.1) is 39.3 Å². The first-order valence-electron chi connectivity index (χ1n) is 29.5. The smallest absolute Gasteiger partial charge is 0.351 e. The number of fused-ring (bicyclic) bond motifs is 1. The number of nitrogens with one attached hydrogen (secondary N) is 3. The fourth-order valence-electron chi connectivity index (χ4n) is 11.8. The van der Waals surface area contributed by atoms with E-state index in [1.165, 1.54) is 36.6 Å². The van der Waals surface area contributed by atoms with Crippen molar-refractivity contribution in [2.24, 2.45) is 5.92 Å². The molecular formula is C66H71FN11O12P. The molecule has 4 N–H and O–H groups in total. The molecule has 25 heteroatoms. The van der Waals surface area contributed by atoms with Crippen LogP contribution in [0.1, 0.15) is 96.8 Å². The van der Waals surface area contributed by atoms with Crippen LogP contribution in [-0.2, 0) is 33.9 Å². The largest absolute Gasteiger partial charge is 0.497 e. The Morgan fingerprint density at radius 1 is 0.758 bits per heavy atom. The number of aromatic nitrogens is 6. The van der Waals surface area contributed by atoms with Crippen molar-refractivity contribution in [3.63, 3.8) is 0 Å². The fourth-order valence-corrected chi connectivity index (χ4v) is 13.3. The number of nitriles is 1. The van der Waals surface area contributed by atoms with Gasteiger partial charge in [0.25, 0.3) is 20.3 Å². The normalized spacial score (nSPS) is 20.3. The molecule has 23 nitrogen and oxygen atoms in total. The van der Waals surface area contributed by atoms with Gasteiger partial charge in [0, 0.05) is 61.3 Å². The highest BCUT2D eigenvalue weighted by Crippen LogP contribution is 2.50. The van der Waals surface area contributed by atoms with E-state index in [9.17, 15) is 29.3 Å². The van der Waals surface area contributed by atoms with Crippen LogP contribution in [0.3, 0.4) is 0 Å². The molecule has 0 bridgehead atoms. The van der Waals surface area contributed by atoms with Crippen molar-refractivity contribution in [1.82, 2.24) is 39.1 Å². The number of imidazole rings is 1. The van der Waals surface area contributed by atoms with Crippen molar-refractivity contribution < 1.29 is 56.6 Å². The molecule has 0 spiro atoms. The number of alkyl halides is 1. The number of anilines is 2. The Bertz CT molecular complexity index is 3840. The van der Waals surface area contributed by atoms with Gasteiger partial charge in [0.2, 0.25) is 5.91 Å². The second-order valence-corrected chi connectivity index (χ2v) is 23.8. The van der Waals surface area contributed by atoms with E-state index in [1.807, 2.05) is 107 Å². The van der Waals surface area contributed by atoms with Crippen LogP contribution < -0.4 is 31.1 Å². The van der Waals surface area contributed by atoms with E-state index in [0.717, 1.165) is 4.57 Å². The van der Waals surface area contributed by atoms with Crippen molar-refractivity contribution in [3.8, 4) is 17.6 Å². The van der Waals surface area contributed by atoms with Crippen molar-refractivity contribution in [1.29, 1.82) is 5.26 Å². The van der Waals surface area contributed by atoms with Gasteiger partial charge in [-0.2, -0.15) is 10.2 Å². The van der Waals surface area contributed by atoms with Crippen LogP contribution in [0.5, 0.6) is 11.5 Å². The predicted octanol–water partition coefficient (Wildman–Crippen LogP) is 9.28. The summed E-state index contributed by atoms with van der Waals surface area (Å²) in [4.78, 5) is 84.9. The van der Waals surface area contributed by atoms with Crippen LogP contribution >= 0.6 is 8.53 Å². The third-order valence-corrected chi connectivity index (χ3v) is 18.0. The Morgan fingerprint density at radius 2 is 1.34 bits per heavy atom. The minimum atomic E-state index is -2.49. The van der Waals surface area contributed by atoms with Crippen molar-refractivity contribution in [2.45, 2.75) is 107 Å². The second-order valence-electron chi connectivity index (χ2n) is 22.7. The number of carbonyl (C=O) groups excluding carboxylic acids is 3.